The molecule has 1 aliphatic heterocycles. The van der Waals surface area contributed by atoms with Gasteiger partial charge in [-0.3, -0.25) is 10.2 Å². The van der Waals surface area contributed by atoms with Crippen molar-refractivity contribution in [2.45, 2.75) is 44.4 Å². The molecule has 0 saturated heterocycles. The zero-order valence-corrected chi connectivity index (χ0v) is 10.5. The second kappa shape index (κ2) is 5.09. The van der Waals surface area contributed by atoms with Crippen LogP contribution in [0, 0.1) is 11.3 Å². The lowest BCUT2D eigenvalue weighted by atomic mass is 10.2. The van der Waals surface area contributed by atoms with E-state index in [0.717, 1.165) is 38.4 Å². The van der Waals surface area contributed by atoms with E-state index >= 15 is 0 Å². The number of nitrogens with one attached hydrogen (secondary N) is 1. The predicted molar refractivity (Wildman–Crippen MR) is 67.7 cm³/mol. The molecule has 96 valence electrons. The molecule has 0 amide bonds. The Hall–Kier alpha value is -1.38. The SMILES string of the molecule is N#CC(CCN1CCn2ccnc2C1)NC1CC1. The summed E-state index contributed by atoms with van der Waals surface area (Å²) in [4.78, 5) is 6.74. The Labute approximate surface area is 107 Å². The molecule has 18 heavy (non-hydrogen) atoms. The molecular formula is C13H19N5. The average molecular weight is 245 g/mol. The van der Waals surface area contributed by atoms with Gasteiger partial charge >= 0.3 is 0 Å². The van der Waals surface area contributed by atoms with Gasteiger partial charge in [-0.05, 0) is 19.3 Å². The first-order valence-electron chi connectivity index (χ1n) is 6.73. The van der Waals surface area contributed by atoms with Crippen molar-refractivity contribution in [3.63, 3.8) is 0 Å². The third-order valence-electron chi connectivity index (χ3n) is 3.73. The highest BCUT2D eigenvalue weighted by Crippen LogP contribution is 2.20. The second-order valence-corrected chi connectivity index (χ2v) is 5.22. The Morgan fingerprint density at radius 1 is 1.50 bits per heavy atom. The van der Waals surface area contributed by atoms with Crippen LogP contribution in [-0.4, -0.2) is 39.6 Å². The molecule has 3 rings (SSSR count). The van der Waals surface area contributed by atoms with E-state index in [2.05, 4.69) is 25.8 Å². The summed E-state index contributed by atoms with van der Waals surface area (Å²) in [6.45, 7) is 3.97. The van der Waals surface area contributed by atoms with Gasteiger partial charge in [0.15, 0.2) is 0 Å². The summed E-state index contributed by atoms with van der Waals surface area (Å²) < 4.78 is 2.21. The first kappa shape index (κ1) is 11.7. The number of nitriles is 1. The molecule has 0 spiro atoms. The van der Waals surface area contributed by atoms with Crippen LogP contribution in [0.2, 0.25) is 0 Å². The Balaban J connectivity index is 1.47. The van der Waals surface area contributed by atoms with Crippen LogP contribution in [0.1, 0.15) is 25.1 Å². The van der Waals surface area contributed by atoms with Crippen molar-refractivity contribution in [1.29, 1.82) is 5.26 Å². The molecule has 2 heterocycles. The van der Waals surface area contributed by atoms with Crippen LogP contribution in [-0.2, 0) is 13.1 Å². The van der Waals surface area contributed by atoms with Crippen LogP contribution < -0.4 is 5.32 Å². The quantitative estimate of drug-likeness (QED) is 0.831. The van der Waals surface area contributed by atoms with Crippen LogP contribution >= 0.6 is 0 Å². The summed E-state index contributed by atoms with van der Waals surface area (Å²) in [6.07, 6.45) is 7.29. The lowest BCUT2D eigenvalue weighted by Crippen LogP contribution is -2.38. The maximum atomic E-state index is 9.11. The standard InChI is InChI=1S/C13H19N5/c14-9-12(16-11-1-2-11)3-5-17-7-8-18-6-4-15-13(18)10-17/h4,6,11-12,16H,1-3,5,7-8,10H2. The van der Waals surface area contributed by atoms with E-state index in [1.165, 1.54) is 12.8 Å². The van der Waals surface area contributed by atoms with E-state index in [4.69, 9.17) is 5.26 Å². The lowest BCUT2D eigenvalue weighted by Gasteiger charge is -2.28. The summed E-state index contributed by atoms with van der Waals surface area (Å²) in [5, 5.41) is 12.5. The zero-order chi connectivity index (χ0) is 12.4. The van der Waals surface area contributed by atoms with Crippen molar-refractivity contribution in [3.05, 3.63) is 18.2 Å². The number of rotatable bonds is 5. The van der Waals surface area contributed by atoms with Gasteiger partial charge in [-0.1, -0.05) is 0 Å². The van der Waals surface area contributed by atoms with Gasteiger partial charge in [0.25, 0.3) is 0 Å². The number of hydrogen-bond donors (Lipinski definition) is 1. The topological polar surface area (TPSA) is 56.9 Å². The second-order valence-electron chi connectivity index (χ2n) is 5.22. The Kier molecular flexibility index (Phi) is 3.31. The summed E-state index contributed by atoms with van der Waals surface area (Å²) in [6, 6.07) is 2.99. The molecular weight excluding hydrogens is 226 g/mol. The van der Waals surface area contributed by atoms with Gasteiger partial charge in [0.1, 0.15) is 5.82 Å². The van der Waals surface area contributed by atoms with Crippen molar-refractivity contribution in [2.24, 2.45) is 0 Å². The van der Waals surface area contributed by atoms with Gasteiger partial charge in [-0.25, -0.2) is 4.98 Å². The van der Waals surface area contributed by atoms with Crippen molar-refractivity contribution < 1.29 is 0 Å². The molecule has 0 bridgehead atoms. The first-order chi connectivity index (χ1) is 8.85. The van der Waals surface area contributed by atoms with Crippen LogP contribution in [0.25, 0.3) is 0 Å². The normalized spacial score (nSPS) is 21.3. The molecule has 1 aromatic heterocycles. The van der Waals surface area contributed by atoms with Crippen LogP contribution in [0.5, 0.6) is 0 Å². The van der Waals surface area contributed by atoms with E-state index in [1.54, 1.807) is 0 Å². The summed E-state index contributed by atoms with van der Waals surface area (Å²) >= 11 is 0. The van der Waals surface area contributed by atoms with Crippen molar-refractivity contribution >= 4 is 0 Å². The number of fused-ring (bicyclic) bond motifs is 1. The largest absolute Gasteiger partial charge is 0.333 e. The Morgan fingerprint density at radius 2 is 2.39 bits per heavy atom. The molecule has 1 aromatic rings. The molecule has 1 unspecified atom stereocenters. The van der Waals surface area contributed by atoms with Crippen LogP contribution in [0.4, 0.5) is 0 Å². The molecule has 0 radical (unpaired) electrons. The zero-order valence-electron chi connectivity index (χ0n) is 10.5. The summed E-state index contributed by atoms with van der Waals surface area (Å²) in [7, 11) is 0. The van der Waals surface area contributed by atoms with Gasteiger partial charge in [0.05, 0.1) is 18.7 Å². The highest BCUT2D eigenvalue weighted by molar-refractivity contribution is 4.98. The fourth-order valence-corrected chi connectivity index (χ4v) is 2.45. The minimum Gasteiger partial charge on any atom is -0.333 e. The van der Waals surface area contributed by atoms with Crippen molar-refractivity contribution in [1.82, 2.24) is 19.8 Å². The number of aromatic nitrogens is 2. The van der Waals surface area contributed by atoms with E-state index in [1.807, 2.05) is 12.4 Å². The third kappa shape index (κ3) is 2.71. The monoisotopic (exact) mass is 245 g/mol. The summed E-state index contributed by atoms with van der Waals surface area (Å²) in [5.41, 5.74) is 0. The lowest BCUT2D eigenvalue weighted by molar-refractivity contribution is 0.210. The number of nitrogens with zero attached hydrogens (tertiary/aromatic N) is 4. The molecule has 5 nitrogen and oxygen atoms in total. The van der Waals surface area contributed by atoms with Gasteiger partial charge in [-0.2, -0.15) is 5.26 Å². The molecule has 5 heteroatoms. The first-order valence-corrected chi connectivity index (χ1v) is 6.73. The van der Waals surface area contributed by atoms with Gasteiger partial charge in [0.2, 0.25) is 0 Å². The van der Waals surface area contributed by atoms with Gasteiger partial charge in [0, 0.05) is 38.1 Å². The van der Waals surface area contributed by atoms with Gasteiger partial charge < -0.3 is 4.57 Å². The number of imidazole rings is 1. The van der Waals surface area contributed by atoms with E-state index in [0.29, 0.717) is 6.04 Å². The Bertz CT molecular complexity index is 442. The molecule has 1 atom stereocenters. The van der Waals surface area contributed by atoms with Crippen LogP contribution in [0.3, 0.4) is 0 Å². The van der Waals surface area contributed by atoms with E-state index in [-0.39, 0.29) is 6.04 Å². The maximum absolute atomic E-state index is 9.11. The fraction of sp³-hybridized carbons (Fsp3) is 0.692. The summed E-state index contributed by atoms with van der Waals surface area (Å²) in [5.74, 6) is 1.14. The minimum absolute atomic E-state index is 0.0131. The molecule has 1 saturated carbocycles. The third-order valence-corrected chi connectivity index (χ3v) is 3.73. The molecule has 1 N–H and O–H groups in total. The Morgan fingerprint density at radius 3 is 3.17 bits per heavy atom. The highest BCUT2D eigenvalue weighted by atomic mass is 15.2. The van der Waals surface area contributed by atoms with Crippen molar-refractivity contribution in [2.75, 3.05) is 13.1 Å². The maximum Gasteiger partial charge on any atom is 0.122 e. The van der Waals surface area contributed by atoms with Gasteiger partial charge in [-0.15, -0.1) is 0 Å². The van der Waals surface area contributed by atoms with E-state index in [9.17, 15) is 0 Å². The number of hydrogen-bond acceptors (Lipinski definition) is 4. The molecule has 1 fully saturated rings. The highest BCUT2D eigenvalue weighted by Gasteiger charge is 2.25. The smallest absolute Gasteiger partial charge is 0.122 e. The molecule has 2 aliphatic rings. The molecule has 1 aliphatic carbocycles. The van der Waals surface area contributed by atoms with E-state index < -0.39 is 0 Å². The minimum atomic E-state index is 0.0131. The van der Waals surface area contributed by atoms with Crippen LogP contribution in [0.15, 0.2) is 12.4 Å². The molecule has 0 aromatic carbocycles. The average Bonchev–Trinajstić information content (AvgIpc) is 3.09. The predicted octanol–water partition coefficient (Wildman–Crippen LogP) is 0.733. The fourth-order valence-electron chi connectivity index (χ4n) is 2.45. The van der Waals surface area contributed by atoms with Crippen molar-refractivity contribution in [3.8, 4) is 6.07 Å².